The van der Waals surface area contributed by atoms with Crippen molar-refractivity contribution in [1.82, 2.24) is 4.90 Å². The average molecular weight is 287 g/mol. The predicted molar refractivity (Wildman–Crippen MR) is 84.9 cm³/mol. The summed E-state index contributed by atoms with van der Waals surface area (Å²) in [5.74, 6) is 1.11. The fraction of sp³-hybridized carbons (Fsp3) is 0.500. The minimum absolute atomic E-state index is 0.189. The van der Waals surface area contributed by atoms with E-state index in [1.54, 1.807) is 0 Å². The van der Waals surface area contributed by atoms with Crippen molar-refractivity contribution >= 4 is 6.09 Å². The molecule has 114 valence electrons. The summed E-state index contributed by atoms with van der Waals surface area (Å²) in [6.45, 7) is 10.1. The molecule has 2 aliphatic rings. The summed E-state index contributed by atoms with van der Waals surface area (Å²) >= 11 is 0. The van der Waals surface area contributed by atoms with Gasteiger partial charge >= 0.3 is 6.09 Å². The van der Waals surface area contributed by atoms with Gasteiger partial charge in [-0.2, -0.15) is 0 Å². The smallest absolute Gasteiger partial charge is 0.410 e. The van der Waals surface area contributed by atoms with Crippen LogP contribution < -0.4 is 0 Å². The highest BCUT2D eigenvalue weighted by Gasteiger charge is 2.40. The van der Waals surface area contributed by atoms with Crippen molar-refractivity contribution < 1.29 is 9.53 Å². The predicted octanol–water partition coefficient (Wildman–Crippen LogP) is 4.25. The van der Waals surface area contributed by atoms with Crippen LogP contribution in [0.5, 0.6) is 0 Å². The summed E-state index contributed by atoms with van der Waals surface area (Å²) in [5.41, 5.74) is 2.34. The normalized spacial score (nSPS) is 23.3. The van der Waals surface area contributed by atoms with Gasteiger partial charge in [-0.1, -0.05) is 56.3 Å². The quantitative estimate of drug-likeness (QED) is 0.761. The zero-order valence-electron chi connectivity index (χ0n) is 13.0. The molecule has 2 fully saturated rings. The van der Waals surface area contributed by atoms with Gasteiger partial charge in [0.25, 0.3) is 0 Å². The first-order valence-electron chi connectivity index (χ1n) is 7.87. The van der Waals surface area contributed by atoms with Gasteiger partial charge in [0.1, 0.15) is 6.61 Å². The zero-order valence-corrected chi connectivity index (χ0v) is 13.0. The molecule has 1 amide bonds. The van der Waals surface area contributed by atoms with E-state index in [9.17, 15) is 4.79 Å². The molecule has 0 bridgehead atoms. The summed E-state index contributed by atoms with van der Waals surface area (Å²) in [6, 6.07) is 9.79. The Balaban J connectivity index is 0.000000774. The molecule has 1 aromatic carbocycles. The Morgan fingerprint density at radius 1 is 1.29 bits per heavy atom. The molecule has 0 N–H and O–H groups in total. The van der Waals surface area contributed by atoms with Crippen LogP contribution in [-0.4, -0.2) is 24.1 Å². The number of fused-ring (bicyclic) bond motifs is 1. The Morgan fingerprint density at radius 2 is 2.00 bits per heavy atom. The second-order valence-corrected chi connectivity index (χ2v) is 5.51. The number of nitrogens with zero attached hydrogens (tertiary/aromatic N) is 1. The van der Waals surface area contributed by atoms with Gasteiger partial charge in [0.2, 0.25) is 0 Å². The number of hydrogen-bond acceptors (Lipinski definition) is 2. The minimum atomic E-state index is -0.189. The number of hydrogen-bond donors (Lipinski definition) is 0. The molecular weight excluding hydrogens is 262 g/mol. The Hall–Kier alpha value is -1.77. The van der Waals surface area contributed by atoms with Crippen LogP contribution in [0.3, 0.4) is 0 Å². The van der Waals surface area contributed by atoms with E-state index < -0.39 is 0 Å². The van der Waals surface area contributed by atoms with Gasteiger partial charge in [-0.25, -0.2) is 4.79 Å². The Labute approximate surface area is 127 Å². The van der Waals surface area contributed by atoms with Gasteiger partial charge < -0.3 is 9.64 Å². The SMILES string of the molecule is C=C1CCC2CN(C(=O)OCc3ccccc3)CC12.CC. The molecule has 1 heterocycles. The van der Waals surface area contributed by atoms with Crippen LogP contribution in [0.1, 0.15) is 32.3 Å². The number of benzene rings is 1. The first-order chi connectivity index (χ1) is 10.2. The van der Waals surface area contributed by atoms with Gasteiger partial charge in [0.15, 0.2) is 0 Å². The van der Waals surface area contributed by atoms with Gasteiger partial charge in [-0.3, -0.25) is 0 Å². The Bertz CT molecular complexity index is 483. The average Bonchev–Trinajstić information content (AvgIpc) is 3.11. The molecule has 21 heavy (non-hydrogen) atoms. The first kappa shape index (κ1) is 15.6. The van der Waals surface area contributed by atoms with E-state index in [0.717, 1.165) is 25.1 Å². The highest BCUT2D eigenvalue weighted by Crippen LogP contribution is 2.40. The summed E-state index contributed by atoms with van der Waals surface area (Å²) in [5, 5.41) is 0. The van der Waals surface area contributed by atoms with Crippen LogP contribution in [0.25, 0.3) is 0 Å². The molecule has 3 nitrogen and oxygen atoms in total. The third kappa shape index (κ3) is 3.66. The number of ether oxygens (including phenoxy) is 1. The maximum absolute atomic E-state index is 12.0. The summed E-state index contributed by atoms with van der Waals surface area (Å²) < 4.78 is 5.37. The monoisotopic (exact) mass is 287 g/mol. The third-order valence-corrected chi connectivity index (χ3v) is 4.26. The lowest BCUT2D eigenvalue weighted by molar-refractivity contribution is 0.102. The van der Waals surface area contributed by atoms with Crippen LogP contribution in [0.4, 0.5) is 4.79 Å². The second-order valence-electron chi connectivity index (χ2n) is 5.51. The van der Waals surface area contributed by atoms with Crippen LogP contribution in [0.2, 0.25) is 0 Å². The Morgan fingerprint density at radius 3 is 2.67 bits per heavy atom. The fourth-order valence-electron chi connectivity index (χ4n) is 3.14. The van der Waals surface area contributed by atoms with Gasteiger partial charge in [-0.15, -0.1) is 0 Å². The molecule has 2 atom stereocenters. The van der Waals surface area contributed by atoms with Crippen molar-refractivity contribution in [1.29, 1.82) is 0 Å². The van der Waals surface area contributed by atoms with Crippen LogP contribution in [0, 0.1) is 11.8 Å². The first-order valence-corrected chi connectivity index (χ1v) is 7.87. The molecule has 3 rings (SSSR count). The minimum Gasteiger partial charge on any atom is -0.445 e. The third-order valence-electron chi connectivity index (χ3n) is 4.26. The molecule has 1 saturated heterocycles. The molecule has 3 heteroatoms. The molecule has 1 saturated carbocycles. The molecule has 0 aromatic heterocycles. The van der Waals surface area contributed by atoms with Crippen molar-refractivity contribution in [2.45, 2.75) is 33.3 Å². The Kier molecular flexibility index (Phi) is 5.43. The van der Waals surface area contributed by atoms with E-state index in [1.807, 2.05) is 49.1 Å². The van der Waals surface area contributed by atoms with Gasteiger partial charge in [0.05, 0.1) is 0 Å². The standard InChI is InChI=1S/C16H19NO2.C2H6/c1-12-7-8-14-9-17(10-15(12)14)16(18)19-11-13-5-3-2-4-6-13;1-2/h2-6,14-15H,1,7-11H2;1-2H3. The van der Waals surface area contributed by atoms with E-state index in [4.69, 9.17) is 4.74 Å². The number of carbonyl (C=O) groups is 1. The summed E-state index contributed by atoms with van der Waals surface area (Å²) in [7, 11) is 0. The molecule has 1 aromatic rings. The van der Waals surface area contributed by atoms with Crippen molar-refractivity contribution in [2.75, 3.05) is 13.1 Å². The summed E-state index contributed by atoms with van der Waals surface area (Å²) in [4.78, 5) is 13.9. The van der Waals surface area contributed by atoms with Crippen molar-refractivity contribution in [3.63, 3.8) is 0 Å². The molecule has 0 radical (unpaired) electrons. The maximum Gasteiger partial charge on any atom is 0.410 e. The van der Waals surface area contributed by atoms with Crippen LogP contribution in [0.15, 0.2) is 42.5 Å². The van der Waals surface area contributed by atoms with E-state index in [2.05, 4.69) is 6.58 Å². The topological polar surface area (TPSA) is 29.5 Å². The van der Waals surface area contributed by atoms with E-state index in [0.29, 0.717) is 18.4 Å². The molecule has 0 spiro atoms. The molecule has 2 unspecified atom stereocenters. The number of amides is 1. The highest BCUT2D eigenvalue weighted by molar-refractivity contribution is 5.68. The number of rotatable bonds is 2. The van der Waals surface area contributed by atoms with Crippen molar-refractivity contribution in [3.8, 4) is 0 Å². The van der Waals surface area contributed by atoms with E-state index in [1.165, 1.54) is 12.0 Å². The number of carbonyl (C=O) groups excluding carboxylic acids is 1. The largest absolute Gasteiger partial charge is 0.445 e. The highest BCUT2D eigenvalue weighted by atomic mass is 16.6. The molecule has 1 aliphatic carbocycles. The fourth-order valence-corrected chi connectivity index (χ4v) is 3.14. The van der Waals surface area contributed by atoms with E-state index in [-0.39, 0.29) is 6.09 Å². The van der Waals surface area contributed by atoms with Crippen molar-refractivity contribution in [3.05, 3.63) is 48.0 Å². The molecular formula is C18H25NO2. The lowest BCUT2D eigenvalue weighted by atomic mass is 9.98. The van der Waals surface area contributed by atoms with Gasteiger partial charge in [-0.05, 0) is 24.3 Å². The van der Waals surface area contributed by atoms with Crippen LogP contribution in [-0.2, 0) is 11.3 Å². The van der Waals surface area contributed by atoms with Crippen molar-refractivity contribution in [2.24, 2.45) is 11.8 Å². The van der Waals surface area contributed by atoms with Crippen LogP contribution >= 0.6 is 0 Å². The van der Waals surface area contributed by atoms with Gasteiger partial charge in [0, 0.05) is 19.0 Å². The lowest BCUT2D eigenvalue weighted by Crippen LogP contribution is -2.30. The maximum atomic E-state index is 12.0. The second kappa shape index (κ2) is 7.30. The van der Waals surface area contributed by atoms with E-state index >= 15 is 0 Å². The summed E-state index contributed by atoms with van der Waals surface area (Å²) in [6.07, 6.45) is 2.11. The lowest BCUT2D eigenvalue weighted by Gasteiger charge is -2.17. The zero-order chi connectivity index (χ0) is 15.2. The number of likely N-dealkylation sites (tertiary alicyclic amines) is 1. The molecule has 1 aliphatic heterocycles.